The molecule has 2 aromatic rings. The third-order valence-electron chi connectivity index (χ3n) is 2.14. The molecule has 2 N–H and O–H groups in total. The number of aromatic nitrogens is 1. The highest BCUT2D eigenvalue weighted by Gasteiger charge is 2.19. The molecule has 102 valence electrons. The number of aryl methyl sites for hydroxylation is 1. The van der Waals surface area contributed by atoms with E-state index >= 15 is 0 Å². The molecule has 0 radical (unpaired) electrons. The number of nitrogens with one attached hydrogen (secondary N) is 1. The predicted octanol–water partition coefficient (Wildman–Crippen LogP) is 1.68. The third kappa shape index (κ3) is 3.32. The molecule has 7 nitrogen and oxygen atoms in total. The van der Waals surface area contributed by atoms with E-state index < -0.39 is 16.0 Å². The number of aromatic carboxylic acids is 1. The maximum Gasteiger partial charge on any atom is 0.348 e. The van der Waals surface area contributed by atoms with Crippen molar-refractivity contribution < 1.29 is 22.8 Å². The summed E-state index contributed by atoms with van der Waals surface area (Å²) < 4.78 is 30.7. The van der Waals surface area contributed by atoms with Crippen LogP contribution < -0.4 is 4.72 Å². The number of rotatable bonds is 5. The molecule has 0 fully saturated rings. The second-order valence-corrected chi connectivity index (χ2v) is 6.40. The van der Waals surface area contributed by atoms with Gasteiger partial charge in [-0.05, 0) is 18.4 Å². The summed E-state index contributed by atoms with van der Waals surface area (Å²) >= 11 is 0.948. The molecule has 2 heterocycles. The number of nitrogens with zero attached hydrogens (tertiary/aromatic N) is 1. The second-order valence-electron chi connectivity index (χ2n) is 3.76. The van der Waals surface area contributed by atoms with Crippen LogP contribution in [0.1, 0.15) is 21.1 Å². The van der Waals surface area contributed by atoms with E-state index in [2.05, 4.69) is 9.88 Å². The first-order valence-electron chi connectivity index (χ1n) is 5.11. The summed E-state index contributed by atoms with van der Waals surface area (Å²) in [5.74, 6) is -1.05. The van der Waals surface area contributed by atoms with Gasteiger partial charge in [-0.3, -0.25) is 4.72 Å². The molecule has 0 saturated carbocycles. The zero-order valence-electron chi connectivity index (χ0n) is 9.78. The largest absolute Gasteiger partial charge is 0.477 e. The molecule has 0 bridgehead atoms. The van der Waals surface area contributed by atoms with Crippen molar-refractivity contribution in [2.45, 2.75) is 12.7 Å². The lowest BCUT2D eigenvalue weighted by Crippen LogP contribution is -2.16. The molecule has 0 aliphatic carbocycles. The van der Waals surface area contributed by atoms with Gasteiger partial charge in [0.15, 0.2) is 0 Å². The topological polar surface area (TPSA) is 110 Å². The zero-order chi connectivity index (χ0) is 14.0. The van der Waals surface area contributed by atoms with Crippen LogP contribution in [0.4, 0.5) is 5.69 Å². The Morgan fingerprint density at radius 3 is 2.89 bits per heavy atom. The minimum atomic E-state index is -3.73. The zero-order valence-corrected chi connectivity index (χ0v) is 11.4. The van der Waals surface area contributed by atoms with Crippen molar-refractivity contribution in [2.24, 2.45) is 0 Å². The van der Waals surface area contributed by atoms with E-state index in [-0.39, 0.29) is 22.0 Å². The van der Waals surface area contributed by atoms with E-state index in [0.717, 1.165) is 11.3 Å². The highest BCUT2D eigenvalue weighted by atomic mass is 32.2. The van der Waals surface area contributed by atoms with Gasteiger partial charge in [0.1, 0.15) is 22.1 Å². The molecule has 9 heteroatoms. The van der Waals surface area contributed by atoms with Gasteiger partial charge in [0.05, 0.1) is 5.69 Å². The van der Waals surface area contributed by atoms with Crippen molar-refractivity contribution in [3.8, 4) is 0 Å². The van der Waals surface area contributed by atoms with Crippen molar-refractivity contribution in [2.75, 3.05) is 4.72 Å². The van der Waals surface area contributed by atoms with E-state index in [1.807, 2.05) is 0 Å². The number of sulfonamides is 1. The number of thiophene rings is 1. The van der Waals surface area contributed by atoms with Gasteiger partial charge >= 0.3 is 5.97 Å². The van der Waals surface area contributed by atoms with Gasteiger partial charge in [-0.25, -0.2) is 13.2 Å². The Labute approximate surface area is 112 Å². The van der Waals surface area contributed by atoms with Crippen LogP contribution in [0.25, 0.3) is 0 Å². The number of hydrogen-bond acceptors (Lipinski definition) is 6. The van der Waals surface area contributed by atoms with E-state index in [4.69, 9.17) is 9.63 Å². The Hall–Kier alpha value is -1.87. The van der Waals surface area contributed by atoms with Crippen LogP contribution in [0.5, 0.6) is 0 Å². The minimum absolute atomic E-state index is 0.0534. The van der Waals surface area contributed by atoms with Crippen LogP contribution in [0.2, 0.25) is 0 Å². The number of anilines is 1. The molecule has 0 atom stereocenters. The first kappa shape index (κ1) is 13.6. The van der Waals surface area contributed by atoms with Crippen molar-refractivity contribution in [3.63, 3.8) is 0 Å². The monoisotopic (exact) mass is 302 g/mol. The quantitative estimate of drug-likeness (QED) is 0.869. The smallest absolute Gasteiger partial charge is 0.348 e. The van der Waals surface area contributed by atoms with Gasteiger partial charge in [0, 0.05) is 6.07 Å². The van der Waals surface area contributed by atoms with Crippen molar-refractivity contribution >= 4 is 33.0 Å². The van der Waals surface area contributed by atoms with Crippen LogP contribution >= 0.6 is 11.3 Å². The van der Waals surface area contributed by atoms with E-state index in [0.29, 0.717) is 5.76 Å². The lowest BCUT2D eigenvalue weighted by atomic mass is 10.4. The Balaban J connectivity index is 2.17. The number of carboxylic acid groups (broad SMARTS) is 1. The standard InChI is InChI=1S/C10H10N2O5S2/c1-6-4-7(11-17-6)5-19(15,16)12-8-2-3-18-9(8)10(13)14/h2-4,12H,5H2,1H3,(H,13,14). The minimum Gasteiger partial charge on any atom is -0.477 e. The lowest BCUT2D eigenvalue weighted by molar-refractivity contribution is 0.0703. The Kier molecular flexibility index (Phi) is 3.58. The SMILES string of the molecule is Cc1cc(CS(=O)(=O)Nc2ccsc2C(=O)O)no1. The Bertz CT molecular complexity index is 701. The average Bonchev–Trinajstić information content (AvgIpc) is 2.86. The molecule has 0 unspecified atom stereocenters. The summed E-state index contributed by atoms with van der Waals surface area (Å²) in [6.45, 7) is 1.65. The van der Waals surface area contributed by atoms with Gasteiger partial charge < -0.3 is 9.63 Å². The van der Waals surface area contributed by atoms with Crippen molar-refractivity contribution in [1.82, 2.24) is 5.16 Å². The third-order valence-corrected chi connectivity index (χ3v) is 4.25. The molecule has 0 aliphatic heterocycles. The highest BCUT2D eigenvalue weighted by Crippen LogP contribution is 2.23. The van der Waals surface area contributed by atoms with E-state index in [9.17, 15) is 13.2 Å². The Morgan fingerprint density at radius 1 is 1.58 bits per heavy atom. The van der Waals surface area contributed by atoms with E-state index in [1.54, 1.807) is 6.92 Å². The fourth-order valence-electron chi connectivity index (χ4n) is 1.44. The number of carboxylic acids is 1. The molecule has 2 rings (SSSR count). The van der Waals surface area contributed by atoms with Crippen LogP contribution in [0.3, 0.4) is 0 Å². The molecule has 0 amide bonds. The summed E-state index contributed by atoms with van der Waals surface area (Å²) in [7, 11) is -3.73. The number of hydrogen-bond donors (Lipinski definition) is 2. The highest BCUT2D eigenvalue weighted by molar-refractivity contribution is 7.91. The fraction of sp³-hybridized carbons (Fsp3) is 0.200. The van der Waals surface area contributed by atoms with Gasteiger partial charge in [-0.1, -0.05) is 5.16 Å². The van der Waals surface area contributed by atoms with Crippen LogP contribution in [0, 0.1) is 6.92 Å². The molecular formula is C10H10N2O5S2. The summed E-state index contributed by atoms with van der Waals surface area (Å²) in [6.07, 6.45) is 0. The van der Waals surface area contributed by atoms with Gasteiger partial charge in [0.2, 0.25) is 10.0 Å². The summed E-state index contributed by atoms with van der Waals surface area (Å²) in [4.78, 5) is 10.8. The van der Waals surface area contributed by atoms with Crippen molar-refractivity contribution in [3.05, 3.63) is 33.8 Å². The summed E-state index contributed by atoms with van der Waals surface area (Å²) in [5.41, 5.74) is 0.315. The predicted molar refractivity (Wildman–Crippen MR) is 68.8 cm³/mol. The van der Waals surface area contributed by atoms with Gasteiger partial charge in [-0.15, -0.1) is 11.3 Å². The molecule has 2 aromatic heterocycles. The molecule has 19 heavy (non-hydrogen) atoms. The molecular weight excluding hydrogens is 292 g/mol. The molecule has 0 aliphatic rings. The summed E-state index contributed by atoms with van der Waals surface area (Å²) in [6, 6.07) is 2.91. The van der Waals surface area contributed by atoms with Gasteiger partial charge in [-0.2, -0.15) is 0 Å². The first-order chi connectivity index (χ1) is 8.87. The number of carbonyl (C=O) groups is 1. The van der Waals surface area contributed by atoms with E-state index in [1.165, 1.54) is 17.5 Å². The molecule has 0 aromatic carbocycles. The maximum absolute atomic E-state index is 11.9. The second kappa shape index (κ2) is 5.02. The summed E-state index contributed by atoms with van der Waals surface area (Å²) in [5, 5.41) is 14.0. The first-order valence-corrected chi connectivity index (χ1v) is 7.64. The normalized spacial score (nSPS) is 11.4. The van der Waals surface area contributed by atoms with Crippen LogP contribution in [-0.4, -0.2) is 24.7 Å². The average molecular weight is 302 g/mol. The lowest BCUT2D eigenvalue weighted by Gasteiger charge is -2.05. The molecule has 0 spiro atoms. The van der Waals surface area contributed by atoms with Crippen LogP contribution in [0.15, 0.2) is 22.0 Å². The maximum atomic E-state index is 11.9. The van der Waals surface area contributed by atoms with Crippen LogP contribution in [-0.2, 0) is 15.8 Å². The van der Waals surface area contributed by atoms with Gasteiger partial charge in [0.25, 0.3) is 0 Å². The van der Waals surface area contributed by atoms with Crippen molar-refractivity contribution in [1.29, 1.82) is 0 Å². The molecule has 0 saturated heterocycles. The Morgan fingerprint density at radius 2 is 2.32 bits per heavy atom. The fourth-order valence-corrected chi connectivity index (χ4v) is 3.29.